The van der Waals surface area contributed by atoms with Gasteiger partial charge in [0.2, 0.25) is 0 Å². The van der Waals surface area contributed by atoms with Gasteiger partial charge in [-0.05, 0) is 27.5 Å². The van der Waals surface area contributed by atoms with E-state index in [-0.39, 0.29) is 11.3 Å². The second-order valence-electron chi connectivity index (χ2n) is 6.74. The van der Waals surface area contributed by atoms with Gasteiger partial charge in [-0.1, -0.05) is 0 Å². The second kappa shape index (κ2) is 8.30. The molecule has 2 aromatic rings. The molecule has 1 aliphatic rings. The first kappa shape index (κ1) is 19.7. The number of imidazole rings is 1. The molecule has 1 atom stereocenters. The Hall–Kier alpha value is -3.07. The first-order chi connectivity index (χ1) is 13.4. The predicted molar refractivity (Wildman–Crippen MR) is 108 cm³/mol. The average molecular weight is 385 g/mol. The zero-order valence-electron chi connectivity index (χ0n) is 16.2. The van der Waals surface area contributed by atoms with Crippen molar-refractivity contribution in [3.05, 3.63) is 41.9 Å². The summed E-state index contributed by atoms with van der Waals surface area (Å²) in [6.45, 7) is 11.8. The lowest BCUT2D eigenvalue weighted by atomic mass is 10.2. The largest absolute Gasteiger partial charge is 0.355 e. The van der Waals surface area contributed by atoms with Crippen LogP contribution in [0.25, 0.3) is 5.65 Å². The van der Waals surface area contributed by atoms with Crippen molar-refractivity contribution in [3.63, 3.8) is 0 Å². The number of fused-ring (bicyclic) bond motifs is 1. The molecule has 2 N–H and O–H groups in total. The number of carbonyl (C=O) groups is 1. The van der Waals surface area contributed by atoms with Crippen molar-refractivity contribution < 1.29 is 9.18 Å². The van der Waals surface area contributed by atoms with E-state index in [2.05, 4.69) is 44.1 Å². The standard InChI is InChI=1S/C19H24FN7O/c1-12-10-26-11-15(7-16(20)18(26)24-12)25-19(28)17(21-4)9-23-14(3)27-6-5-22-8-13(27)2/h7,9-11,13,22H,4-6,8H2,1-3H3,(H,25,28)/b17-9-,23-14+. The zero-order chi connectivity index (χ0) is 20.3. The maximum atomic E-state index is 14.2. The molecule has 1 saturated heterocycles. The predicted octanol–water partition coefficient (Wildman–Crippen LogP) is 1.97. The number of hydrogen-bond acceptors (Lipinski definition) is 5. The molecular weight excluding hydrogens is 361 g/mol. The number of nitrogens with zero attached hydrogens (tertiary/aromatic N) is 5. The fourth-order valence-electron chi connectivity index (χ4n) is 3.16. The maximum Gasteiger partial charge on any atom is 0.275 e. The van der Waals surface area contributed by atoms with Gasteiger partial charge in [-0.3, -0.25) is 9.79 Å². The van der Waals surface area contributed by atoms with E-state index in [1.165, 1.54) is 16.7 Å². The van der Waals surface area contributed by atoms with Crippen LogP contribution >= 0.6 is 0 Å². The first-order valence-corrected chi connectivity index (χ1v) is 9.04. The van der Waals surface area contributed by atoms with E-state index in [9.17, 15) is 9.18 Å². The minimum absolute atomic E-state index is 0.0458. The molecule has 0 aromatic carbocycles. The molecule has 0 spiro atoms. The smallest absolute Gasteiger partial charge is 0.275 e. The molecule has 1 unspecified atom stereocenters. The Bertz CT molecular complexity index is 963. The number of amides is 1. The highest BCUT2D eigenvalue weighted by Crippen LogP contribution is 2.17. The number of hydrogen-bond donors (Lipinski definition) is 2. The summed E-state index contributed by atoms with van der Waals surface area (Å²) in [4.78, 5) is 26.9. The van der Waals surface area contributed by atoms with Gasteiger partial charge in [0, 0.05) is 44.1 Å². The van der Waals surface area contributed by atoms with E-state index in [4.69, 9.17) is 0 Å². The lowest BCUT2D eigenvalue weighted by Gasteiger charge is -2.35. The Balaban J connectivity index is 1.77. The van der Waals surface area contributed by atoms with Crippen LogP contribution in [0.1, 0.15) is 19.5 Å². The number of rotatable bonds is 4. The minimum atomic E-state index is -0.524. The Morgan fingerprint density at radius 3 is 3.00 bits per heavy atom. The molecular formula is C19H24FN7O. The van der Waals surface area contributed by atoms with E-state index in [1.807, 2.05) is 6.92 Å². The molecule has 8 nitrogen and oxygen atoms in total. The van der Waals surface area contributed by atoms with Gasteiger partial charge in [0.15, 0.2) is 11.5 Å². The molecule has 2 aromatic heterocycles. The highest BCUT2D eigenvalue weighted by atomic mass is 19.1. The number of piperazine rings is 1. The molecule has 0 aliphatic carbocycles. The van der Waals surface area contributed by atoms with E-state index < -0.39 is 11.7 Å². The fraction of sp³-hybridized carbons (Fsp3) is 0.368. The van der Waals surface area contributed by atoms with Crippen molar-refractivity contribution in [1.82, 2.24) is 19.6 Å². The van der Waals surface area contributed by atoms with E-state index in [1.54, 1.807) is 19.3 Å². The molecule has 3 rings (SSSR count). The third kappa shape index (κ3) is 4.25. The Kier molecular flexibility index (Phi) is 5.84. The Labute approximate surface area is 162 Å². The van der Waals surface area contributed by atoms with Gasteiger partial charge in [0.25, 0.3) is 5.91 Å². The lowest BCUT2D eigenvalue weighted by molar-refractivity contribution is -0.112. The quantitative estimate of drug-likeness (QED) is 0.479. The normalized spacial score (nSPS) is 18.4. The molecule has 9 heteroatoms. The van der Waals surface area contributed by atoms with Gasteiger partial charge in [-0.2, -0.15) is 0 Å². The van der Waals surface area contributed by atoms with Gasteiger partial charge in [-0.15, -0.1) is 0 Å². The molecule has 1 amide bonds. The number of nitrogens with one attached hydrogen (secondary N) is 2. The van der Waals surface area contributed by atoms with Crippen LogP contribution in [0.2, 0.25) is 0 Å². The van der Waals surface area contributed by atoms with Gasteiger partial charge in [-0.25, -0.2) is 14.4 Å². The summed E-state index contributed by atoms with van der Waals surface area (Å²) in [5.41, 5.74) is 1.23. The number of aromatic nitrogens is 2. The Morgan fingerprint density at radius 1 is 1.50 bits per heavy atom. The van der Waals surface area contributed by atoms with Crippen molar-refractivity contribution in [2.75, 3.05) is 25.0 Å². The summed E-state index contributed by atoms with van der Waals surface area (Å²) in [6, 6.07) is 1.53. The monoisotopic (exact) mass is 385 g/mol. The van der Waals surface area contributed by atoms with Crippen molar-refractivity contribution in [2.24, 2.45) is 9.98 Å². The summed E-state index contributed by atoms with van der Waals surface area (Å²) < 4.78 is 15.7. The van der Waals surface area contributed by atoms with Gasteiger partial charge in [0.1, 0.15) is 11.5 Å². The molecule has 3 heterocycles. The average Bonchev–Trinajstić information content (AvgIpc) is 3.03. The number of pyridine rings is 1. The highest BCUT2D eigenvalue weighted by molar-refractivity contribution is 6.04. The summed E-state index contributed by atoms with van der Waals surface area (Å²) >= 11 is 0. The molecule has 1 fully saturated rings. The maximum absolute atomic E-state index is 14.2. The van der Waals surface area contributed by atoms with E-state index in [0.29, 0.717) is 17.4 Å². The molecule has 28 heavy (non-hydrogen) atoms. The topological polar surface area (TPSA) is 86.4 Å². The number of aryl methyl sites for hydroxylation is 1. The Morgan fingerprint density at radius 2 is 2.29 bits per heavy atom. The molecule has 148 valence electrons. The van der Waals surface area contributed by atoms with Crippen molar-refractivity contribution in [1.29, 1.82) is 0 Å². The molecule has 1 aliphatic heterocycles. The third-order valence-corrected chi connectivity index (χ3v) is 4.58. The van der Waals surface area contributed by atoms with Crippen LogP contribution in [0.4, 0.5) is 10.1 Å². The van der Waals surface area contributed by atoms with E-state index >= 15 is 0 Å². The SMILES string of the molecule is C=N/C(=C\N=C(/C)N1CCNCC1C)C(=O)Nc1cc(F)c2nc(C)cn2c1. The van der Waals surface area contributed by atoms with Crippen molar-refractivity contribution in [2.45, 2.75) is 26.8 Å². The number of anilines is 1. The van der Waals surface area contributed by atoms with Crippen LogP contribution in [0.3, 0.4) is 0 Å². The van der Waals surface area contributed by atoms with Crippen molar-refractivity contribution >= 4 is 29.8 Å². The zero-order valence-corrected chi connectivity index (χ0v) is 16.2. The molecule has 0 saturated carbocycles. The third-order valence-electron chi connectivity index (χ3n) is 4.58. The minimum Gasteiger partial charge on any atom is -0.355 e. The van der Waals surface area contributed by atoms with Crippen LogP contribution in [-0.2, 0) is 4.79 Å². The summed E-state index contributed by atoms with van der Waals surface area (Å²) in [5.74, 6) is -0.246. The van der Waals surface area contributed by atoms with Gasteiger partial charge < -0.3 is 19.9 Å². The van der Waals surface area contributed by atoms with Crippen molar-refractivity contribution in [3.8, 4) is 0 Å². The summed E-state index contributed by atoms with van der Waals surface area (Å²) in [6.07, 6.45) is 4.65. The summed E-state index contributed by atoms with van der Waals surface area (Å²) in [7, 11) is 0. The molecule has 0 bridgehead atoms. The second-order valence-corrected chi connectivity index (χ2v) is 6.74. The summed E-state index contributed by atoms with van der Waals surface area (Å²) in [5, 5.41) is 5.94. The number of amidine groups is 1. The van der Waals surface area contributed by atoms with Crippen LogP contribution in [0.5, 0.6) is 0 Å². The first-order valence-electron chi connectivity index (χ1n) is 9.04. The lowest BCUT2D eigenvalue weighted by Crippen LogP contribution is -2.51. The van der Waals surface area contributed by atoms with E-state index in [0.717, 1.165) is 25.5 Å². The number of carbonyl (C=O) groups excluding carboxylic acids is 1. The number of halogens is 1. The van der Waals surface area contributed by atoms with Crippen LogP contribution in [-0.4, -0.2) is 58.4 Å². The van der Waals surface area contributed by atoms with Gasteiger partial charge in [0.05, 0.1) is 17.6 Å². The van der Waals surface area contributed by atoms with Crippen LogP contribution in [0.15, 0.2) is 40.3 Å². The van der Waals surface area contributed by atoms with Crippen LogP contribution in [0, 0.1) is 12.7 Å². The molecule has 0 radical (unpaired) electrons. The van der Waals surface area contributed by atoms with Crippen LogP contribution < -0.4 is 10.6 Å². The number of aliphatic imine (C=N–C) groups is 2. The fourth-order valence-corrected chi connectivity index (χ4v) is 3.16. The van der Waals surface area contributed by atoms with Gasteiger partial charge >= 0.3 is 0 Å². The highest BCUT2D eigenvalue weighted by Gasteiger charge is 2.18.